The fourth-order valence-electron chi connectivity index (χ4n) is 4.02. The SMILES string of the molecule is CC1(N)CCCCC1C(=O)Nc1cnn(CC(=O)NC2CCCC2)c1. The van der Waals surface area contributed by atoms with Gasteiger partial charge in [-0.05, 0) is 32.6 Å². The first-order valence-corrected chi connectivity index (χ1v) is 9.35. The number of aromatic nitrogens is 2. The van der Waals surface area contributed by atoms with Gasteiger partial charge in [-0.25, -0.2) is 0 Å². The Balaban J connectivity index is 1.52. The molecule has 0 saturated heterocycles. The van der Waals surface area contributed by atoms with Crippen molar-refractivity contribution in [3.8, 4) is 0 Å². The number of hydrogen-bond donors (Lipinski definition) is 3. The van der Waals surface area contributed by atoms with E-state index in [0.717, 1.165) is 38.5 Å². The molecule has 0 bridgehead atoms. The number of carbonyl (C=O) groups is 2. The van der Waals surface area contributed by atoms with Crippen molar-refractivity contribution in [2.45, 2.75) is 76.4 Å². The molecule has 1 heterocycles. The summed E-state index contributed by atoms with van der Waals surface area (Å²) in [5.74, 6) is -0.274. The lowest BCUT2D eigenvalue weighted by Crippen LogP contribution is -2.51. The Bertz CT molecular complexity index is 619. The number of rotatable bonds is 5. The van der Waals surface area contributed by atoms with Crippen LogP contribution in [0.15, 0.2) is 12.4 Å². The van der Waals surface area contributed by atoms with E-state index in [0.29, 0.717) is 11.7 Å². The van der Waals surface area contributed by atoms with Crippen LogP contribution in [-0.4, -0.2) is 33.2 Å². The molecule has 2 saturated carbocycles. The van der Waals surface area contributed by atoms with Crippen LogP contribution in [-0.2, 0) is 16.1 Å². The van der Waals surface area contributed by atoms with Crippen molar-refractivity contribution >= 4 is 17.5 Å². The molecule has 7 heteroatoms. The van der Waals surface area contributed by atoms with Crippen LogP contribution in [0.3, 0.4) is 0 Å². The lowest BCUT2D eigenvalue weighted by atomic mass is 9.74. The first-order valence-electron chi connectivity index (χ1n) is 9.35. The van der Waals surface area contributed by atoms with E-state index < -0.39 is 5.54 Å². The normalized spacial score (nSPS) is 27.2. The lowest BCUT2D eigenvalue weighted by Gasteiger charge is -2.37. The molecule has 1 aromatic heterocycles. The van der Waals surface area contributed by atoms with Crippen LogP contribution < -0.4 is 16.4 Å². The number of nitrogens with one attached hydrogen (secondary N) is 2. The molecule has 3 rings (SSSR count). The van der Waals surface area contributed by atoms with Gasteiger partial charge in [0.2, 0.25) is 11.8 Å². The molecule has 2 fully saturated rings. The number of nitrogens with two attached hydrogens (primary N) is 1. The first-order chi connectivity index (χ1) is 11.9. The van der Waals surface area contributed by atoms with E-state index in [-0.39, 0.29) is 24.3 Å². The second-order valence-corrected chi connectivity index (χ2v) is 7.77. The van der Waals surface area contributed by atoms with Crippen LogP contribution in [0.4, 0.5) is 5.69 Å². The molecule has 1 aromatic rings. The zero-order valence-electron chi connectivity index (χ0n) is 15.0. The van der Waals surface area contributed by atoms with Gasteiger partial charge >= 0.3 is 0 Å². The van der Waals surface area contributed by atoms with Gasteiger partial charge in [0.05, 0.1) is 17.8 Å². The average molecular weight is 347 g/mol. The number of amides is 2. The monoisotopic (exact) mass is 347 g/mol. The van der Waals surface area contributed by atoms with Gasteiger partial charge in [-0.15, -0.1) is 0 Å². The summed E-state index contributed by atoms with van der Waals surface area (Å²) in [6.45, 7) is 2.12. The molecule has 25 heavy (non-hydrogen) atoms. The number of carbonyl (C=O) groups excluding carboxylic acids is 2. The summed E-state index contributed by atoms with van der Waals surface area (Å²) in [5.41, 5.74) is 6.44. The van der Waals surface area contributed by atoms with Gasteiger partial charge in [-0.2, -0.15) is 5.10 Å². The summed E-state index contributed by atoms with van der Waals surface area (Å²) < 4.78 is 1.56. The predicted molar refractivity (Wildman–Crippen MR) is 95.8 cm³/mol. The summed E-state index contributed by atoms with van der Waals surface area (Å²) in [4.78, 5) is 24.6. The minimum atomic E-state index is -0.459. The molecule has 2 aliphatic carbocycles. The molecular formula is C18H29N5O2. The van der Waals surface area contributed by atoms with Crippen molar-refractivity contribution in [3.05, 3.63) is 12.4 Å². The van der Waals surface area contributed by atoms with Crippen LogP contribution in [0.25, 0.3) is 0 Å². The molecule has 2 atom stereocenters. The average Bonchev–Trinajstić information content (AvgIpc) is 3.19. The number of anilines is 1. The van der Waals surface area contributed by atoms with E-state index in [4.69, 9.17) is 5.73 Å². The van der Waals surface area contributed by atoms with Crippen molar-refractivity contribution in [3.63, 3.8) is 0 Å². The molecule has 0 aliphatic heterocycles. The summed E-state index contributed by atoms with van der Waals surface area (Å²) in [6, 6.07) is 0.302. The molecule has 0 aromatic carbocycles. The highest BCUT2D eigenvalue weighted by molar-refractivity contribution is 5.93. The molecule has 2 unspecified atom stereocenters. The minimum Gasteiger partial charge on any atom is -0.352 e. The molecule has 7 nitrogen and oxygen atoms in total. The quantitative estimate of drug-likeness (QED) is 0.755. The maximum atomic E-state index is 12.5. The Morgan fingerprint density at radius 3 is 2.72 bits per heavy atom. The van der Waals surface area contributed by atoms with Gasteiger partial charge in [0, 0.05) is 17.8 Å². The van der Waals surface area contributed by atoms with E-state index in [1.54, 1.807) is 17.1 Å². The first kappa shape index (κ1) is 17.9. The zero-order chi connectivity index (χ0) is 17.9. The Kier molecular flexibility index (Phi) is 5.42. The van der Waals surface area contributed by atoms with Gasteiger partial charge in [-0.3, -0.25) is 14.3 Å². The Hall–Kier alpha value is -1.89. The van der Waals surface area contributed by atoms with Gasteiger partial charge in [0.25, 0.3) is 0 Å². The van der Waals surface area contributed by atoms with E-state index in [1.807, 2.05) is 6.92 Å². The predicted octanol–water partition coefficient (Wildman–Crippen LogP) is 1.79. The van der Waals surface area contributed by atoms with Crippen molar-refractivity contribution in [1.82, 2.24) is 15.1 Å². The molecule has 2 aliphatic rings. The van der Waals surface area contributed by atoms with Crippen LogP contribution in [0.1, 0.15) is 58.3 Å². The van der Waals surface area contributed by atoms with E-state index >= 15 is 0 Å². The van der Waals surface area contributed by atoms with Gasteiger partial charge < -0.3 is 16.4 Å². The topological polar surface area (TPSA) is 102 Å². The van der Waals surface area contributed by atoms with Crippen LogP contribution in [0, 0.1) is 5.92 Å². The highest BCUT2D eigenvalue weighted by Crippen LogP contribution is 2.32. The number of hydrogen-bond acceptors (Lipinski definition) is 4. The maximum Gasteiger partial charge on any atom is 0.241 e. The molecule has 0 spiro atoms. The van der Waals surface area contributed by atoms with Crippen molar-refractivity contribution < 1.29 is 9.59 Å². The second-order valence-electron chi connectivity index (χ2n) is 7.77. The Morgan fingerprint density at radius 2 is 2.00 bits per heavy atom. The third-order valence-corrected chi connectivity index (χ3v) is 5.50. The van der Waals surface area contributed by atoms with Crippen LogP contribution >= 0.6 is 0 Å². The fraction of sp³-hybridized carbons (Fsp3) is 0.722. The highest BCUT2D eigenvalue weighted by Gasteiger charge is 2.37. The van der Waals surface area contributed by atoms with E-state index in [9.17, 15) is 9.59 Å². The maximum absolute atomic E-state index is 12.5. The minimum absolute atomic E-state index is 0.0327. The largest absolute Gasteiger partial charge is 0.352 e. The summed E-state index contributed by atoms with van der Waals surface area (Å²) in [7, 11) is 0. The molecular weight excluding hydrogens is 318 g/mol. The van der Waals surface area contributed by atoms with Crippen LogP contribution in [0.5, 0.6) is 0 Å². The lowest BCUT2D eigenvalue weighted by molar-refractivity contribution is -0.123. The summed E-state index contributed by atoms with van der Waals surface area (Å²) in [6.07, 6.45) is 11.6. The molecule has 2 amide bonds. The van der Waals surface area contributed by atoms with Crippen molar-refractivity contribution in [1.29, 1.82) is 0 Å². The zero-order valence-corrected chi connectivity index (χ0v) is 15.0. The van der Waals surface area contributed by atoms with Gasteiger partial charge in [-0.1, -0.05) is 25.7 Å². The second kappa shape index (κ2) is 7.56. The van der Waals surface area contributed by atoms with Crippen molar-refractivity contribution in [2.75, 3.05) is 5.32 Å². The van der Waals surface area contributed by atoms with Gasteiger partial charge in [0.15, 0.2) is 0 Å². The third-order valence-electron chi connectivity index (χ3n) is 5.50. The summed E-state index contributed by atoms with van der Waals surface area (Å²) >= 11 is 0. The molecule has 0 radical (unpaired) electrons. The van der Waals surface area contributed by atoms with Gasteiger partial charge in [0.1, 0.15) is 6.54 Å². The Morgan fingerprint density at radius 1 is 1.28 bits per heavy atom. The number of nitrogens with zero attached hydrogens (tertiary/aromatic N) is 2. The summed E-state index contributed by atoms with van der Waals surface area (Å²) in [5, 5.41) is 10.1. The van der Waals surface area contributed by atoms with E-state index in [2.05, 4.69) is 15.7 Å². The highest BCUT2D eigenvalue weighted by atomic mass is 16.2. The molecule has 4 N–H and O–H groups in total. The standard InChI is InChI=1S/C18H29N5O2/c1-18(19)9-5-4-8-15(18)17(25)22-14-10-20-23(11-14)12-16(24)21-13-6-2-3-7-13/h10-11,13,15H,2-9,12,19H2,1H3,(H,21,24)(H,22,25). The Labute approximate surface area is 148 Å². The van der Waals surface area contributed by atoms with E-state index in [1.165, 1.54) is 12.8 Å². The van der Waals surface area contributed by atoms with Crippen molar-refractivity contribution in [2.24, 2.45) is 11.7 Å². The fourth-order valence-corrected chi connectivity index (χ4v) is 4.02. The molecule has 138 valence electrons. The smallest absolute Gasteiger partial charge is 0.241 e. The van der Waals surface area contributed by atoms with Crippen LogP contribution in [0.2, 0.25) is 0 Å². The third kappa shape index (κ3) is 4.60.